The van der Waals surface area contributed by atoms with E-state index in [2.05, 4.69) is 24.2 Å². The predicted octanol–water partition coefficient (Wildman–Crippen LogP) is 1.83. The van der Waals surface area contributed by atoms with Crippen molar-refractivity contribution in [1.82, 2.24) is 5.32 Å². The molecule has 1 aliphatic heterocycles. The van der Waals surface area contributed by atoms with Crippen molar-refractivity contribution in [3.05, 3.63) is 0 Å². The first-order valence-electron chi connectivity index (χ1n) is 5.61. The molecule has 0 radical (unpaired) electrons. The third kappa shape index (κ3) is 3.66. The quantitative estimate of drug-likeness (QED) is 0.731. The van der Waals surface area contributed by atoms with Gasteiger partial charge in [0.1, 0.15) is 0 Å². The van der Waals surface area contributed by atoms with E-state index in [1.807, 2.05) is 6.92 Å². The Hall–Kier alpha value is -0.570. The molecule has 3 heteroatoms. The van der Waals surface area contributed by atoms with E-state index in [0.717, 1.165) is 26.2 Å². The molecule has 82 valence electrons. The van der Waals surface area contributed by atoms with Gasteiger partial charge in [0.05, 0.1) is 18.5 Å². The largest absolute Gasteiger partial charge is 0.380 e. The van der Waals surface area contributed by atoms with E-state index in [1.54, 1.807) is 0 Å². The van der Waals surface area contributed by atoms with E-state index >= 15 is 0 Å². The van der Waals surface area contributed by atoms with Crippen LogP contribution in [0.25, 0.3) is 0 Å². The van der Waals surface area contributed by atoms with E-state index in [4.69, 9.17) is 4.74 Å². The van der Waals surface area contributed by atoms with Gasteiger partial charge in [-0.05, 0) is 19.3 Å². The Balaban J connectivity index is 2.34. The number of amidine groups is 1. The van der Waals surface area contributed by atoms with E-state index < -0.39 is 0 Å². The summed E-state index contributed by atoms with van der Waals surface area (Å²) in [5, 5.41) is 3.48. The number of hydrogen-bond donors (Lipinski definition) is 1. The summed E-state index contributed by atoms with van der Waals surface area (Å²) in [6.45, 7) is 9.02. The van der Waals surface area contributed by atoms with E-state index in [0.29, 0.717) is 12.0 Å². The summed E-state index contributed by atoms with van der Waals surface area (Å²) in [6.07, 6.45) is 2.30. The van der Waals surface area contributed by atoms with E-state index in [-0.39, 0.29) is 0 Å². The van der Waals surface area contributed by atoms with Gasteiger partial charge in [-0.2, -0.15) is 0 Å². The SMILES string of the molecule is CCOCC(NC1=NCCC1)C(C)C. The minimum Gasteiger partial charge on any atom is -0.380 e. The average Bonchev–Trinajstić information content (AvgIpc) is 2.64. The van der Waals surface area contributed by atoms with Crippen LogP contribution in [0.3, 0.4) is 0 Å². The molecule has 0 bridgehead atoms. The van der Waals surface area contributed by atoms with Crippen LogP contribution in [0.15, 0.2) is 4.99 Å². The zero-order valence-electron chi connectivity index (χ0n) is 9.55. The number of rotatable bonds is 5. The van der Waals surface area contributed by atoms with Crippen molar-refractivity contribution in [2.24, 2.45) is 10.9 Å². The third-order valence-electron chi connectivity index (χ3n) is 2.53. The van der Waals surface area contributed by atoms with Crippen LogP contribution in [-0.2, 0) is 4.74 Å². The normalized spacial score (nSPS) is 18.4. The summed E-state index contributed by atoms with van der Waals surface area (Å²) < 4.78 is 5.45. The van der Waals surface area contributed by atoms with Crippen LogP contribution in [0, 0.1) is 5.92 Å². The Bertz CT molecular complexity index is 190. The standard InChI is InChI=1S/C11H22N2O/c1-4-14-8-10(9(2)3)13-11-6-5-7-12-11/h9-10H,4-8H2,1-3H3,(H,12,13). The molecular formula is C11H22N2O. The molecule has 1 atom stereocenters. The fraction of sp³-hybridized carbons (Fsp3) is 0.909. The number of ether oxygens (including phenoxy) is 1. The number of nitrogens with one attached hydrogen (secondary N) is 1. The summed E-state index contributed by atoms with van der Waals surface area (Å²) in [4.78, 5) is 4.42. The van der Waals surface area contributed by atoms with Crippen molar-refractivity contribution >= 4 is 5.84 Å². The smallest absolute Gasteiger partial charge is 0.0966 e. The third-order valence-corrected chi connectivity index (χ3v) is 2.53. The highest BCUT2D eigenvalue weighted by Crippen LogP contribution is 2.07. The molecule has 0 spiro atoms. The molecule has 1 heterocycles. The lowest BCUT2D eigenvalue weighted by Gasteiger charge is -2.23. The molecule has 0 aliphatic carbocycles. The second kappa shape index (κ2) is 6.02. The highest BCUT2D eigenvalue weighted by atomic mass is 16.5. The van der Waals surface area contributed by atoms with Crippen LogP contribution in [-0.4, -0.2) is 31.6 Å². The summed E-state index contributed by atoms with van der Waals surface area (Å²) in [5.41, 5.74) is 0. The molecule has 0 saturated carbocycles. The van der Waals surface area contributed by atoms with Gasteiger partial charge in [-0.1, -0.05) is 13.8 Å². The van der Waals surface area contributed by atoms with Crippen molar-refractivity contribution in [3.8, 4) is 0 Å². The molecule has 1 aliphatic rings. The molecule has 0 aromatic rings. The highest BCUT2D eigenvalue weighted by Gasteiger charge is 2.16. The second-order valence-electron chi connectivity index (χ2n) is 4.09. The lowest BCUT2D eigenvalue weighted by molar-refractivity contribution is 0.115. The maximum atomic E-state index is 5.45. The van der Waals surface area contributed by atoms with Crippen LogP contribution in [0.4, 0.5) is 0 Å². The first kappa shape index (κ1) is 11.5. The maximum absolute atomic E-state index is 5.45. The van der Waals surface area contributed by atoms with Crippen LogP contribution >= 0.6 is 0 Å². The fourth-order valence-electron chi connectivity index (χ4n) is 1.52. The highest BCUT2D eigenvalue weighted by molar-refractivity contribution is 5.83. The molecule has 0 aromatic carbocycles. The van der Waals surface area contributed by atoms with Gasteiger partial charge >= 0.3 is 0 Å². The van der Waals surface area contributed by atoms with E-state index in [9.17, 15) is 0 Å². The summed E-state index contributed by atoms with van der Waals surface area (Å²) in [7, 11) is 0. The van der Waals surface area contributed by atoms with Gasteiger partial charge in [-0.15, -0.1) is 0 Å². The summed E-state index contributed by atoms with van der Waals surface area (Å²) in [6, 6.07) is 0.409. The molecule has 1 N–H and O–H groups in total. The van der Waals surface area contributed by atoms with Gasteiger partial charge < -0.3 is 10.1 Å². The maximum Gasteiger partial charge on any atom is 0.0966 e. The molecule has 0 aromatic heterocycles. The van der Waals surface area contributed by atoms with Gasteiger partial charge in [-0.3, -0.25) is 4.99 Å². The van der Waals surface area contributed by atoms with Crippen molar-refractivity contribution in [2.45, 2.75) is 39.7 Å². The van der Waals surface area contributed by atoms with Crippen LogP contribution in [0.2, 0.25) is 0 Å². The number of nitrogens with zero attached hydrogens (tertiary/aromatic N) is 1. The number of aliphatic imine (C=N–C) groups is 1. The minimum atomic E-state index is 0.409. The van der Waals surface area contributed by atoms with Crippen molar-refractivity contribution in [2.75, 3.05) is 19.8 Å². The molecule has 1 rings (SSSR count). The zero-order chi connectivity index (χ0) is 10.4. The number of hydrogen-bond acceptors (Lipinski definition) is 3. The van der Waals surface area contributed by atoms with Crippen molar-refractivity contribution in [3.63, 3.8) is 0 Å². The minimum absolute atomic E-state index is 0.409. The Labute approximate surface area is 86.9 Å². The molecule has 0 saturated heterocycles. The molecule has 14 heavy (non-hydrogen) atoms. The molecule has 0 amide bonds. The van der Waals surface area contributed by atoms with Gasteiger partial charge in [-0.25, -0.2) is 0 Å². The summed E-state index contributed by atoms with van der Waals surface area (Å²) in [5.74, 6) is 1.76. The molecular weight excluding hydrogens is 176 g/mol. The van der Waals surface area contributed by atoms with Crippen LogP contribution in [0.1, 0.15) is 33.6 Å². The summed E-state index contributed by atoms with van der Waals surface area (Å²) >= 11 is 0. The molecule has 0 fully saturated rings. The monoisotopic (exact) mass is 198 g/mol. The van der Waals surface area contributed by atoms with Gasteiger partial charge in [0.15, 0.2) is 0 Å². The van der Waals surface area contributed by atoms with Crippen LogP contribution < -0.4 is 5.32 Å². The average molecular weight is 198 g/mol. The van der Waals surface area contributed by atoms with E-state index in [1.165, 1.54) is 12.3 Å². The second-order valence-corrected chi connectivity index (χ2v) is 4.09. The van der Waals surface area contributed by atoms with Crippen molar-refractivity contribution < 1.29 is 4.74 Å². The van der Waals surface area contributed by atoms with Crippen molar-refractivity contribution in [1.29, 1.82) is 0 Å². The topological polar surface area (TPSA) is 33.6 Å². The lowest BCUT2D eigenvalue weighted by Crippen LogP contribution is -2.41. The Morgan fingerprint density at radius 3 is 2.79 bits per heavy atom. The Morgan fingerprint density at radius 1 is 1.50 bits per heavy atom. The lowest BCUT2D eigenvalue weighted by atomic mass is 10.1. The first-order chi connectivity index (χ1) is 6.74. The van der Waals surface area contributed by atoms with Crippen LogP contribution in [0.5, 0.6) is 0 Å². The first-order valence-corrected chi connectivity index (χ1v) is 5.61. The molecule has 3 nitrogen and oxygen atoms in total. The van der Waals surface area contributed by atoms with Gasteiger partial charge in [0.25, 0.3) is 0 Å². The van der Waals surface area contributed by atoms with Gasteiger partial charge in [0.2, 0.25) is 0 Å². The van der Waals surface area contributed by atoms with Gasteiger partial charge in [0, 0.05) is 19.6 Å². The zero-order valence-corrected chi connectivity index (χ0v) is 9.55. The molecule has 1 unspecified atom stereocenters. The fourth-order valence-corrected chi connectivity index (χ4v) is 1.52. The predicted molar refractivity (Wildman–Crippen MR) is 59.8 cm³/mol. The Kier molecular flexibility index (Phi) is 4.94. The Morgan fingerprint density at radius 2 is 2.29 bits per heavy atom.